The summed E-state index contributed by atoms with van der Waals surface area (Å²) >= 11 is 0. The van der Waals surface area contributed by atoms with Crippen LogP contribution in [0.1, 0.15) is 22.3 Å². The quantitative estimate of drug-likeness (QED) is 0.187. The Hall–Kier alpha value is -6.97. The van der Waals surface area contributed by atoms with Crippen molar-refractivity contribution in [3.05, 3.63) is 210 Å². The molecule has 246 valence electrons. The molecule has 0 fully saturated rings. The SMILES string of the molecule is c1ccc(-c2nc(-c3ccccc3)nc(-c3cccc(-c4cccc5c4-c4ccccc4C54c5ccccc5-c5cccc6cccc4c56)c3)n2)cc1. The molecule has 0 saturated carbocycles. The minimum atomic E-state index is -0.465. The second-order valence-electron chi connectivity index (χ2n) is 13.9. The number of hydrogen-bond acceptors (Lipinski definition) is 3. The molecule has 0 bridgehead atoms. The van der Waals surface area contributed by atoms with E-state index in [0.29, 0.717) is 17.5 Å². The van der Waals surface area contributed by atoms with Gasteiger partial charge in [-0.05, 0) is 72.5 Å². The van der Waals surface area contributed by atoms with Crippen LogP contribution in [0.3, 0.4) is 0 Å². The minimum absolute atomic E-state index is 0.465. The van der Waals surface area contributed by atoms with Gasteiger partial charge >= 0.3 is 0 Å². The molecule has 0 saturated heterocycles. The van der Waals surface area contributed by atoms with Crippen molar-refractivity contribution in [2.24, 2.45) is 0 Å². The number of rotatable bonds is 4. The monoisotopic (exact) mass is 673 g/mol. The van der Waals surface area contributed by atoms with Gasteiger partial charge in [0, 0.05) is 16.7 Å². The predicted octanol–water partition coefficient (Wildman–Crippen LogP) is 12.0. The molecule has 0 amide bonds. The number of fused-ring (bicyclic) bond motifs is 9. The van der Waals surface area contributed by atoms with Crippen molar-refractivity contribution in [2.45, 2.75) is 5.41 Å². The first kappa shape index (κ1) is 29.7. The summed E-state index contributed by atoms with van der Waals surface area (Å²) in [5, 5.41) is 2.60. The van der Waals surface area contributed by atoms with Crippen molar-refractivity contribution < 1.29 is 0 Å². The summed E-state index contributed by atoms with van der Waals surface area (Å²) in [7, 11) is 0. The molecule has 3 nitrogen and oxygen atoms in total. The van der Waals surface area contributed by atoms with Crippen LogP contribution in [0, 0.1) is 0 Å². The summed E-state index contributed by atoms with van der Waals surface area (Å²) in [6.07, 6.45) is 0. The van der Waals surface area contributed by atoms with Crippen molar-refractivity contribution in [3.63, 3.8) is 0 Å². The summed E-state index contributed by atoms with van der Waals surface area (Å²) in [6.45, 7) is 0. The van der Waals surface area contributed by atoms with Crippen molar-refractivity contribution in [1.29, 1.82) is 0 Å². The third-order valence-corrected chi connectivity index (χ3v) is 11.1. The Labute approximate surface area is 308 Å². The van der Waals surface area contributed by atoms with E-state index in [1.165, 1.54) is 60.8 Å². The van der Waals surface area contributed by atoms with Gasteiger partial charge in [-0.2, -0.15) is 0 Å². The Morgan fingerprint density at radius 2 is 0.755 bits per heavy atom. The first-order valence-corrected chi connectivity index (χ1v) is 18.1. The third-order valence-electron chi connectivity index (χ3n) is 11.1. The van der Waals surface area contributed by atoms with Crippen LogP contribution in [0.5, 0.6) is 0 Å². The van der Waals surface area contributed by atoms with E-state index in [-0.39, 0.29) is 0 Å². The molecule has 2 aliphatic carbocycles. The van der Waals surface area contributed by atoms with Crippen molar-refractivity contribution >= 4 is 10.8 Å². The van der Waals surface area contributed by atoms with Gasteiger partial charge in [-0.25, -0.2) is 15.0 Å². The lowest BCUT2D eigenvalue weighted by molar-refractivity contribution is 0.773. The number of aromatic nitrogens is 3. The van der Waals surface area contributed by atoms with Gasteiger partial charge in [0.15, 0.2) is 17.5 Å². The second-order valence-corrected chi connectivity index (χ2v) is 13.9. The van der Waals surface area contributed by atoms with E-state index in [4.69, 9.17) is 15.0 Å². The van der Waals surface area contributed by atoms with E-state index in [2.05, 4.69) is 127 Å². The molecule has 8 aromatic carbocycles. The zero-order chi connectivity index (χ0) is 34.9. The van der Waals surface area contributed by atoms with E-state index in [9.17, 15) is 0 Å². The van der Waals surface area contributed by atoms with Crippen LogP contribution < -0.4 is 0 Å². The maximum atomic E-state index is 5.06. The molecule has 0 aliphatic heterocycles. The number of hydrogen-bond donors (Lipinski definition) is 0. The lowest BCUT2D eigenvalue weighted by Crippen LogP contribution is -2.31. The largest absolute Gasteiger partial charge is 0.208 e. The van der Waals surface area contributed by atoms with Crippen LogP contribution in [0.15, 0.2) is 188 Å². The average molecular weight is 674 g/mol. The predicted molar refractivity (Wildman–Crippen MR) is 215 cm³/mol. The molecule has 1 spiro atoms. The zero-order valence-electron chi connectivity index (χ0n) is 28.7. The van der Waals surface area contributed by atoms with E-state index in [0.717, 1.165) is 22.3 Å². The first-order chi connectivity index (χ1) is 26.3. The van der Waals surface area contributed by atoms with Gasteiger partial charge in [-0.15, -0.1) is 0 Å². The molecule has 2 aliphatic rings. The first-order valence-electron chi connectivity index (χ1n) is 18.1. The summed E-state index contributed by atoms with van der Waals surface area (Å²) in [6, 6.07) is 67.5. The van der Waals surface area contributed by atoms with Crippen LogP contribution in [0.2, 0.25) is 0 Å². The van der Waals surface area contributed by atoms with Gasteiger partial charge in [0.2, 0.25) is 0 Å². The van der Waals surface area contributed by atoms with Gasteiger partial charge in [0.1, 0.15) is 0 Å². The van der Waals surface area contributed by atoms with E-state index in [1.54, 1.807) is 0 Å². The molecule has 1 unspecified atom stereocenters. The van der Waals surface area contributed by atoms with Crippen LogP contribution >= 0.6 is 0 Å². The Kier molecular flexibility index (Phi) is 6.47. The third kappa shape index (κ3) is 4.31. The number of benzene rings is 8. The Morgan fingerprint density at radius 3 is 1.47 bits per heavy atom. The van der Waals surface area contributed by atoms with Gasteiger partial charge in [0.25, 0.3) is 0 Å². The van der Waals surface area contributed by atoms with Crippen molar-refractivity contribution in [3.8, 4) is 67.5 Å². The fraction of sp³-hybridized carbons (Fsp3) is 0.0200. The molecular formula is C50H31N3. The molecule has 9 aromatic rings. The van der Waals surface area contributed by atoms with Gasteiger partial charge in [-0.3, -0.25) is 0 Å². The molecule has 53 heavy (non-hydrogen) atoms. The molecule has 0 N–H and O–H groups in total. The summed E-state index contributed by atoms with van der Waals surface area (Å²) in [4.78, 5) is 15.0. The summed E-state index contributed by atoms with van der Waals surface area (Å²) < 4.78 is 0. The fourth-order valence-electron chi connectivity index (χ4n) is 8.98. The Morgan fingerprint density at radius 1 is 0.302 bits per heavy atom. The second kappa shape index (κ2) is 11.5. The maximum Gasteiger partial charge on any atom is 0.164 e. The lowest BCUT2D eigenvalue weighted by Gasteiger charge is -2.40. The number of nitrogens with zero attached hydrogens (tertiary/aromatic N) is 3. The van der Waals surface area contributed by atoms with Crippen LogP contribution in [0.4, 0.5) is 0 Å². The maximum absolute atomic E-state index is 5.06. The van der Waals surface area contributed by atoms with Crippen molar-refractivity contribution in [1.82, 2.24) is 15.0 Å². The highest BCUT2D eigenvalue weighted by atomic mass is 15.0. The normalized spacial score (nSPS) is 14.9. The van der Waals surface area contributed by atoms with Crippen LogP contribution in [-0.4, -0.2) is 15.0 Å². The smallest absolute Gasteiger partial charge is 0.164 e. The molecule has 0 radical (unpaired) electrons. The summed E-state index contributed by atoms with van der Waals surface area (Å²) in [5.74, 6) is 1.96. The molecule has 11 rings (SSSR count). The molecule has 1 heterocycles. The highest BCUT2D eigenvalue weighted by Crippen LogP contribution is 2.63. The molecule has 3 heteroatoms. The fourth-order valence-corrected chi connectivity index (χ4v) is 8.98. The van der Waals surface area contributed by atoms with Crippen LogP contribution in [-0.2, 0) is 5.41 Å². The average Bonchev–Trinajstić information content (AvgIpc) is 3.54. The van der Waals surface area contributed by atoms with E-state index < -0.39 is 5.41 Å². The van der Waals surface area contributed by atoms with Crippen molar-refractivity contribution in [2.75, 3.05) is 0 Å². The van der Waals surface area contributed by atoms with E-state index in [1.807, 2.05) is 60.7 Å². The lowest BCUT2D eigenvalue weighted by atomic mass is 9.61. The minimum Gasteiger partial charge on any atom is -0.208 e. The Bertz CT molecular complexity index is 2830. The van der Waals surface area contributed by atoms with E-state index >= 15 is 0 Å². The highest BCUT2D eigenvalue weighted by Gasteiger charge is 2.50. The Balaban J connectivity index is 1.15. The topological polar surface area (TPSA) is 38.7 Å². The molecule has 1 aromatic heterocycles. The van der Waals surface area contributed by atoms with Gasteiger partial charge in [-0.1, -0.05) is 182 Å². The van der Waals surface area contributed by atoms with Crippen LogP contribution in [0.25, 0.3) is 78.3 Å². The van der Waals surface area contributed by atoms with Gasteiger partial charge < -0.3 is 0 Å². The molecular weight excluding hydrogens is 643 g/mol. The highest BCUT2D eigenvalue weighted by molar-refractivity contribution is 6.08. The standard InChI is InChI=1S/C50H31N3/c1-3-15-33(16-4-1)47-51-48(34-17-5-2-6-18-34)53-49(52-47)36-22-11-21-35(31-36)37-25-14-30-44-46(37)40-24-8-10-28-42(40)50(44)41-27-9-7-23-38(41)39-26-12-19-32-20-13-29-43(50)45(32)39/h1-31H. The van der Waals surface area contributed by atoms with Gasteiger partial charge in [0.05, 0.1) is 5.41 Å². The summed E-state index contributed by atoms with van der Waals surface area (Å²) in [5.41, 5.74) is 15.2. The zero-order valence-corrected chi connectivity index (χ0v) is 28.7. The molecule has 1 atom stereocenters.